The number of benzene rings is 1. The fourth-order valence-corrected chi connectivity index (χ4v) is 4.79. The molecule has 0 saturated carbocycles. The average Bonchev–Trinajstić information content (AvgIpc) is 3.16. The topological polar surface area (TPSA) is 63.3 Å². The lowest BCUT2D eigenvalue weighted by Crippen LogP contribution is -2.01. The van der Waals surface area contributed by atoms with Crippen LogP contribution in [0.5, 0.6) is 5.75 Å². The van der Waals surface area contributed by atoms with Gasteiger partial charge in [0.05, 0.1) is 5.39 Å². The van der Waals surface area contributed by atoms with Crippen molar-refractivity contribution in [3.63, 3.8) is 0 Å². The van der Waals surface area contributed by atoms with Crippen LogP contribution in [0.25, 0.3) is 27.3 Å². The average molecular weight is 336 g/mol. The SMILES string of the molecule is Cc1nc2sc3c(c2c2nc(-c4ccc(O)cc4)nn12)CCCC3. The highest BCUT2D eigenvalue weighted by molar-refractivity contribution is 7.19. The van der Waals surface area contributed by atoms with Crippen molar-refractivity contribution < 1.29 is 5.11 Å². The van der Waals surface area contributed by atoms with Gasteiger partial charge in [-0.05, 0) is 62.4 Å². The lowest BCUT2D eigenvalue weighted by atomic mass is 9.97. The third kappa shape index (κ3) is 1.96. The molecule has 6 heteroatoms. The molecule has 1 aliphatic rings. The van der Waals surface area contributed by atoms with E-state index in [0.717, 1.165) is 34.7 Å². The first kappa shape index (κ1) is 13.9. The zero-order valence-corrected chi connectivity index (χ0v) is 14.1. The molecule has 1 aliphatic carbocycles. The lowest BCUT2D eigenvalue weighted by Gasteiger charge is -2.10. The number of aryl methyl sites for hydroxylation is 3. The quantitative estimate of drug-likeness (QED) is 0.572. The minimum Gasteiger partial charge on any atom is -0.508 e. The van der Waals surface area contributed by atoms with Crippen molar-refractivity contribution in [3.05, 3.63) is 40.5 Å². The monoisotopic (exact) mass is 336 g/mol. The smallest absolute Gasteiger partial charge is 0.182 e. The zero-order valence-electron chi connectivity index (χ0n) is 13.3. The van der Waals surface area contributed by atoms with Crippen LogP contribution in [0.2, 0.25) is 0 Å². The summed E-state index contributed by atoms with van der Waals surface area (Å²) in [6.07, 6.45) is 4.76. The van der Waals surface area contributed by atoms with Crippen LogP contribution in [0.1, 0.15) is 29.1 Å². The summed E-state index contributed by atoms with van der Waals surface area (Å²) in [5.74, 6) is 1.77. The molecule has 0 unspecified atom stereocenters. The lowest BCUT2D eigenvalue weighted by molar-refractivity contribution is 0.475. The summed E-state index contributed by atoms with van der Waals surface area (Å²) in [4.78, 5) is 12.1. The van der Waals surface area contributed by atoms with Gasteiger partial charge in [0.25, 0.3) is 0 Å². The Hall–Kier alpha value is -2.47. The molecule has 24 heavy (non-hydrogen) atoms. The first-order valence-electron chi connectivity index (χ1n) is 8.18. The van der Waals surface area contributed by atoms with Gasteiger partial charge in [0.2, 0.25) is 0 Å². The second-order valence-corrected chi connectivity index (χ2v) is 7.35. The maximum atomic E-state index is 9.48. The van der Waals surface area contributed by atoms with E-state index in [2.05, 4.69) is 5.10 Å². The molecular formula is C18H16N4OS. The molecule has 3 aromatic heterocycles. The van der Waals surface area contributed by atoms with Crippen molar-refractivity contribution in [2.75, 3.05) is 0 Å². The number of thiophene rings is 1. The van der Waals surface area contributed by atoms with Crippen molar-refractivity contribution in [2.45, 2.75) is 32.6 Å². The summed E-state index contributed by atoms with van der Waals surface area (Å²) in [6.45, 7) is 1.97. The van der Waals surface area contributed by atoms with E-state index in [9.17, 15) is 5.11 Å². The number of aromatic nitrogens is 4. The number of rotatable bonds is 1. The number of hydrogen-bond donors (Lipinski definition) is 1. The summed E-state index contributed by atoms with van der Waals surface area (Å²) in [5.41, 5.74) is 3.22. The molecule has 0 amide bonds. The predicted molar refractivity (Wildman–Crippen MR) is 94.6 cm³/mol. The number of phenolic OH excluding ortho intramolecular Hbond substituents is 1. The van der Waals surface area contributed by atoms with E-state index in [0.29, 0.717) is 5.82 Å². The highest BCUT2D eigenvalue weighted by atomic mass is 32.1. The fourth-order valence-electron chi connectivity index (χ4n) is 3.49. The van der Waals surface area contributed by atoms with E-state index < -0.39 is 0 Å². The molecule has 0 bridgehead atoms. The molecule has 0 radical (unpaired) electrons. The van der Waals surface area contributed by atoms with Gasteiger partial charge in [-0.15, -0.1) is 16.4 Å². The van der Waals surface area contributed by atoms with Crippen molar-refractivity contribution in [1.29, 1.82) is 0 Å². The molecule has 5 nitrogen and oxygen atoms in total. The summed E-state index contributed by atoms with van der Waals surface area (Å²) in [6, 6.07) is 7.00. The minimum atomic E-state index is 0.245. The van der Waals surface area contributed by atoms with Crippen molar-refractivity contribution in [3.8, 4) is 17.1 Å². The van der Waals surface area contributed by atoms with Gasteiger partial charge >= 0.3 is 0 Å². The Morgan fingerprint density at radius 3 is 2.71 bits per heavy atom. The number of hydrogen-bond acceptors (Lipinski definition) is 5. The van der Waals surface area contributed by atoms with Gasteiger partial charge in [0.15, 0.2) is 11.5 Å². The molecule has 3 heterocycles. The van der Waals surface area contributed by atoms with Gasteiger partial charge in [-0.3, -0.25) is 0 Å². The first-order chi connectivity index (χ1) is 11.7. The molecule has 0 spiro atoms. The van der Waals surface area contributed by atoms with Crippen LogP contribution in [0.3, 0.4) is 0 Å². The van der Waals surface area contributed by atoms with Crippen molar-refractivity contribution in [2.24, 2.45) is 0 Å². The summed E-state index contributed by atoms with van der Waals surface area (Å²) >= 11 is 1.81. The maximum absolute atomic E-state index is 9.48. The second-order valence-electron chi connectivity index (χ2n) is 6.27. The summed E-state index contributed by atoms with van der Waals surface area (Å²) in [7, 11) is 0. The van der Waals surface area contributed by atoms with Crippen LogP contribution in [0, 0.1) is 6.92 Å². The normalized spacial score (nSPS) is 14.4. The first-order valence-corrected chi connectivity index (χ1v) is 8.99. The fraction of sp³-hybridized carbons (Fsp3) is 0.278. The number of aromatic hydroxyl groups is 1. The van der Waals surface area contributed by atoms with E-state index in [-0.39, 0.29) is 5.75 Å². The Morgan fingerprint density at radius 2 is 1.88 bits per heavy atom. The Kier molecular flexibility index (Phi) is 2.91. The molecule has 120 valence electrons. The van der Waals surface area contributed by atoms with Crippen LogP contribution < -0.4 is 0 Å². The van der Waals surface area contributed by atoms with Crippen LogP contribution in [-0.2, 0) is 12.8 Å². The van der Waals surface area contributed by atoms with E-state index in [1.807, 2.05) is 34.9 Å². The highest BCUT2D eigenvalue weighted by Gasteiger charge is 2.22. The highest BCUT2D eigenvalue weighted by Crippen LogP contribution is 2.37. The van der Waals surface area contributed by atoms with Crippen LogP contribution >= 0.6 is 11.3 Å². The summed E-state index contributed by atoms with van der Waals surface area (Å²) < 4.78 is 1.85. The molecule has 5 rings (SSSR count). The molecule has 1 aromatic carbocycles. The zero-order chi connectivity index (χ0) is 16.3. The van der Waals surface area contributed by atoms with Gasteiger partial charge < -0.3 is 5.11 Å². The van der Waals surface area contributed by atoms with Crippen LogP contribution in [0.4, 0.5) is 0 Å². The minimum absolute atomic E-state index is 0.245. The van der Waals surface area contributed by atoms with E-state index in [4.69, 9.17) is 9.97 Å². The van der Waals surface area contributed by atoms with Crippen LogP contribution in [0.15, 0.2) is 24.3 Å². The molecule has 0 saturated heterocycles. The van der Waals surface area contributed by atoms with E-state index >= 15 is 0 Å². The van der Waals surface area contributed by atoms with Crippen LogP contribution in [-0.4, -0.2) is 24.7 Å². The predicted octanol–water partition coefficient (Wildman–Crippen LogP) is 3.90. The third-order valence-corrected chi connectivity index (χ3v) is 5.86. The van der Waals surface area contributed by atoms with E-state index in [1.54, 1.807) is 12.1 Å². The Bertz CT molecular complexity index is 1080. The number of fused-ring (bicyclic) bond motifs is 5. The Labute approximate surface area is 142 Å². The Morgan fingerprint density at radius 1 is 1.08 bits per heavy atom. The van der Waals surface area contributed by atoms with Gasteiger partial charge in [-0.1, -0.05) is 0 Å². The molecule has 0 fully saturated rings. The molecular weight excluding hydrogens is 320 g/mol. The number of phenols is 1. The molecule has 1 N–H and O–H groups in total. The van der Waals surface area contributed by atoms with Gasteiger partial charge in [0.1, 0.15) is 16.4 Å². The number of nitrogens with zero attached hydrogens (tertiary/aromatic N) is 4. The third-order valence-electron chi connectivity index (χ3n) is 4.68. The maximum Gasteiger partial charge on any atom is 0.182 e. The largest absolute Gasteiger partial charge is 0.508 e. The van der Waals surface area contributed by atoms with E-state index in [1.165, 1.54) is 28.7 Å². The second kappa shape index (κ2) is 5.01. The van der Waals surface area contributed by atoms with Crippen molar-refractivity contribution >= 4 is 27.2 Å². The molecule has 0 atom stereocenters. The van der Waals surface area contributed by atoms with Gasteiger partial charge in [-0.25, -0.2) is 9.97 Å². The van der Waals surface area contributed by atoms with Crippen molar-refractivity contribution in [1.82, 2.24) is 19.6 Å². The molecule has 0 aliphatic heterocycles. The standard InChI is InChI=1S/C18H16N4OS/c1-10-19-18-15(13-4-2-3-5-14(13)24-18)17-20-16(21-22(10)17)11-6-8-12(23)9-7-11/h6-9,23H,2-5H2,1H3. The van der Waals surface area contributed by atoms with Gasteiger partial charge in [-0.2, -0.15) is 4.52 Å². The van der Waals surface area contributed by atoms with Gasteiger partial charge in [0, 0.05) is 10.4 Å². The molecule has 4 aromatic rings. The summed E-state index contributed by atoms with van der Waals surface area (Å²) in [5, 5.41) is 15.3. The Balaban J connectivity index is 1.81.